The molecule has 2 aromatic carbocycles. The molecule has 1 fully saturated rings. The van der Waals surface area contributed by atoms with Gasteiger partial charge in [-0.2, -0.15) is 0 Å². The van der Waals surface area contributed by atoms with E-state index in [1.807, 2.05) is 48.5 Å². The van der Waals surface area contributed by atoms with Crippen molar-refractivity contribution in [2.75, 3.05) is 12.4 Å². The highest BCUT2D eigenvalue weighted by Crippen LogP contribution is 2.27. The number of nitrogens with zero attached hydrogens (tertiary/aromatic N) is 2. The van der Waals surface area contributed by atoms with Crippen molar-refractivity contribution < 1.29 is 9.21 Å². The van der Waals surface area contributed by atoms with Crippen LogP contribution in [-0.4, -0.2) is 28.9 Å². The first-order chi connectivity index (χ1) is 14.2. The zero-order valence-electron chi connectivity index (χ0n) is 16.8. The smallest absolute Gasteiger partial charge is 0.278 e. The summed E-state index contributed by atoms with van der Waals surface area (Å²) in [5, 5.41) is 3.04. The third-order valence-corrected chi connectivity index (χ3v) is 5.70. The summed E-state index contributed by atoms with van der Waals surface area (Å²) in [7, 11) is 2.18. The van der Waals surface area contributed by atoms with Gasteiger partial charge in [-0.25, -0.2) is 4.98 Å². The predicted octanol–water partition coefficient (Wildman–Crippen LogP) is 5.36. The number of aromatic nitrogens is 1. The largest absolute Gasteiger partial charge is 0.443 e. The third-order valence-electron chi connectivity index (χ3n) is 5.70. The number of hydrogen-bond donors (Lipinski definition) is 1. The lowest BCUT2D eigenvalue weighted by Gasteiger charge is -2.31. The van der Waals surface area contributed by atoms with E-state index in [9.17, 15) is 4.79 Å². The summed E-state index contributed by atoms with van der Waals surface area (Å²) in [5.74, 6) is 0.227. The Morgan fingerprint density at radius 1 is 1.07 bits per heavy atom. The molecule has 1 amide bonds. The maximum absolute atomic E-state index is 13.0. The lowest BCUT2D eigenvalue weighted by atomic mass is 9.94. The number of rotatable bonds is 6. The number of benzene rings is 2. The number of hydrogen-bond acceptors (Lipinski definition) is 4. The van der Waals surface area contributed by atoms with Gasteiger partial charge < -0.3 is 9.73 Å². The first kappa shape index (κ1) is 19.4. The molecule has 4 rings (SSSR count). The minimum Gasteiger partial charge on any atom is -0.443 e. The van der Waals surface area contributed by atoms with E-state index in [4.69, 9.17) is 4.42 Å². The summed E-state index contributed by atoms with van der Waals surface area (Å²) in [6, 6.07) is 18.2. The van der Waals surface area contributed by atoms with Gasteiger partial charge in [0.1, 0.15) is 0 Å². The number of oxazole rings is 1. The first-order valence-corrected chi connectivity index (χ1v) is 10.3. The van der Waals surface area contributed by atoms with Gasteiger partial charge in [0.05, 0.1) is 0 Å². The van der Waals surface area contributed by atoms with Crippen molar-refractivity contribution in [2.24, 2.45) is 0 Å². The first-order valence-electron chi connectivity index (χ1n) is 10.3. The van der Waals surface area contributed by atoms with E-state index in [1.54, 1.807) is 0 Å². The Labute approximate surface area is 171 Å². The second-order valence-corrected chi connectivity index (χ2v) is 7.71. The zero-order valence-corrected chi connectivity index (χ0v) is 16.8. The van der Waals surface area contributed by atoms with Gasteiger partial charge in [0.15, 0.2) is 17.8 Å². The Kier molecular flexibility index (Phi) is 6.06. The number of para-hydroxylation sites is 1. The fourth-order valence-corrected chi connectivity index (χ4v) is 4.08. The van der Waals surface area contributed by atoms with E-state index >= 15 is 0 Å². The van der Waals surface area contributed by atoms with E-state index in [0.717, 1.165) is 23.4 Å². The molecular formula is C24H27N3O2. The van der Waals surface area contributed by atoms with E-state index in [0.29, 0.717) is 17.5 Å². The third kappa shape index (κ3) is 4.57. The maximum Gasteiger partial charge on any atom is 0.278 e. The molecule has 1 N–H and O–H groups in total. The van der Waals surface area contributed by atoms with Gasteiger partial charge in [0, 0.05) is 23.8 Å². The van der Waals surface area contributed by atoms with Crippen molar-refractivity contribution in [2.45, 2.75) is 44.7 Å². The van der Waals surface area contributed by atoms with Crippen molar-refractivity contribution in [1.29, 1.82) is 0 Å². The van der Waals surface area contributed by atoms with Crippen LogP contribution in [0.15, 0.2) is 65.4 Å². The molecule has 0 atom stereocenters. The molecule has 5 nitrogen and oxygen atoms in total. The molecule has 3 aromatic rings. The lowest BCUT2D eigenvalue weighted by Crippen LogP contribution is -2.33. The number of nitrogens with one attached hydrogen (secondary N) is 1. The molecule has 0 spiro atoms. The molecule has 0 unspecified atom stereocenters. The minimum atomic E-state index is -0.259. The number of anilines is 1. The fraction of sp³-hybridized carbons (Fsp3) is 0.333. The van der Waals surface area contributed by atoms with Gasteiger partial charge in [-0.05, 0) is 31.5 Å². The highest BCUT2D eigenvalue weighted by Gasteiger charge is 2.21. The molecule has 5 heteroatoms. The quantitative estimate of drug-likeness (QED) is 0.617. The molecule has 1 heterocycles. The molecule has 1 saturated carbocycles. The van der Waals surface area contributed by atoms with Crippen molar-refractivity contribution in [3.63, 3.8) is 0 Å². The van der Waals surface area contributed by atoms with E-state index in [2.05, 4.69) is 28.3 Å². The topological polar surface area (TPSA) is 58.4 Å². The lowest BCUT2D eigenvalue weighted by molar-refractivity contribution is 0.102. The molecule has 0 saturated heterocycles. The van der Waals surface area contributed by atoms with Gasteiger partial charge in [0.2, 0.25) is 0 Å². The second kappa shape index (κ2) is 9.05. The van der Waals surface area contributed by atoms with E-state index < -0.39 is 0 Å². The monoisotopic (exact) mass is 389 g/mol. The predicted molar refractivity (Wildman–Crippen MR) is 115 cm³/mol. The van der Waals surface area contributed by atoms with Crippen molar-refractivity contribution in [3.05, 3.63) is 72.2 Å². The molecule has 29 heavy (non-hydrogen) atoms. The highest BCUT2D eigenvalue weighted by molar-refractivity contribution is 6.06. The SMILES string of the molecule is CN(Cc1ccccc1NC(=O)c1ncoc1-c1ccccc1)C1CCCCC1. The molecule has 1 aliphatic rings. The molecule has 0 bridgehead atoms. The Bertz CT molecular complexity index is 946. The summed E-state index contributed by atoms with van der Waals surface area (Å²) in [6.07, 6.45) is 7.79. The van der Waals surface area contributed by atoms with Crippen molar-refractivity contribution in [1.82, 2.24) is 9.88 Å². The highest BCUT2D eigenvalue weighted by atomic mass is 16.3. The Hall–Kier alpha value is -2.92. The number of amides is 1. The molecule has 1 aromatic heterocycles. The van der Waals surface area contributed by atoms with Gasteiger partial charge in [-0.15, -0.1) is 0 Å². The average molecular weight is 389 g/mol. The Morgan fingerprint density at radius 3 is 2.59 bits per heavy atom. The van der Waals surface area contributed by atoms with Gasteiger partial charge >= 0.3 is 0 Å². The van der Waals surface area contributed by atoms with Crippen LogP contribution < -0.4 is 5.32 Å². The average Bonchev–Trinajstić information content (AvgIpc) is 3.26. The zero-order chi connectivity index (χ0) is 20.1. The van der Waals surface area contributed by atoms with Crippen LogP contribution in [-0.2, 0) is 6.54 Å². The number of carbonyl (C=O) groups excluding carboxylic acids is 1. The second-order valence-electron chi connectivity index (χ2n) is 7.71. The van der Waals surface area contributed by atoms with Crippen LogP contribution >= 0.6 is 0 Å². The standard InChI is InChI=1S/C24H27N3O2/c1-27(20-13-6-3-7-14-20)16-19-12-8-9-15-21(19)26-24(28)22-23(29-17-25-22)18-10-4-2-5-11-18/h2,4-5,8-12,15,17,20H,3,6-7,13-14,16H2,1H3,(H,26,28). The van der Waals surface area contributed by atoms with Crippen LogP contribution in [0.5, 0.6) is 0 Å². The van der Waals surface area contributed by atoms with Crippen LogP contribution in [0.3, 0.4) is 0 Å². The van der Waals surface area contributed by atoms with Crippen LogP contribution in [0.2, 0.25) is 0 Å². The van der Waals surface area contributed by atoms with Gasteiger partial charge in [-0.1, -0.05) is 67.8 Å². The fourth-order valence-electron chi connectivity index (χ4n) is 4.08. The summed E-state index contributed by atoms with van der Waals surface area (Å²) in [4.78, 5) is 19.5. The van der Waals surface area contributed by atoms with Gasteiger partial charge in [0.25, 0.3) is 5.91 Å². The molecular weight excluding hydrogens is 362 g/mol. The Morgan fingerprint density at radius 2 is 1.79 bits per heavy atom. The van der Waals surface area contributed by atoms with E-state index in [-0.39, 0.29) is 5.91 Å². The number of carbonyl (C=O) groups is 1. The normalized spacial score (nSPS) is 14.8. The maximum atomic E-state index is 13.0. The van der Waals surface area contributed by atoms with E-state index in [1.165, 1.54) is 38.5 Å². The van der Waals surface area contributed by atoms with Crippen LogP contribution in [0.25, 0.3) is 11.3 Å². The summed E-state index contributed by atoms with van der Waals surface area (Å²) in [6.45, 7) is 0.811. The van der Waals surface area contributed by atoms with Crippen molar-refractivity contribution >= 4 is 11.6 Å². The molecule has 0 aliphatic heterocycles. The van der Waals surface area contributed by atoms with Crippen molar-refractivity contribution in [3.8, 4) is 11.3 Å². The summed E-state index contributed by atoms with van der Waals surface area (Å²) < 4.78 is 5.50. The minimum absolute atomic E-state index is 0.259. The molecule has 1 aliphatic carbocycles. The summed E-state index contributed by atoms with van der Waals surface area (Å²) >= 11 is 0. The summed E-state index contributed by atoms with van der Waals surface area (Å²) in [5.41, 5.74) is 3.06. The molecule has 0 radical (unpaired) electrons. The Balaban J connectivity index is 1.50. The van der Waals surface area contributed by atoms with Crippen LogP contribution in [0.1, 0.15) is 48.2 Å². The van der Waals surface area contributed by atoms with Gasteiger partial charge in [-0.3, -0.25) is 9.69 Å². The molecule has 150 valence electrons. The van der Waals surface area contributed by atoms with Crippen LogP contribution in [0, 0.1) is 0 Å². The van der Waals surface area contributed by atoms with Crippen LogP contribution in [0.4, 0.5) is 5.69 Å².